The van der Waals surface area contributed by atoms with Crippen molar-refractivity contribution in [3.8, 4) is 11.5 Å². The van der Waals surface area contributed by atoms with Gasteiger partial charge in [-0.2, -0.15) is 0 Å². The molecule has 1 saturated heterocycles. The number of allylic oxidation sites excluding steroid dienone is 1. The number of nitrogens with one attached hydrogen (secondary N) is 1. The highest BCUT2D eigenvalue weighted by Crippen LogP contribution is 2.36. The Balaban J connectivity index is 1.78. The number of carbonyl (C=O) groups is 3. The number of rotatable bonds is 7. The van der Waals surface area contributed by atoms with Crippen LogP contribution in [0.15, 0.2) is 60.0 Å². The Morgan fingerprint density at radius 3 is 2.67 bits per heavy atom. The minimum Gasteiger partial charge on any atom is -0.504 e. The van der Waals surface area contributed by atoms with E-state index in [0.717, 1.165) is 16.7 Å². The molecular weight excluding hydrogens is 404 g/mol. The van der Waals surface area contributed by atoms with E-state index in [2.05, 4.69) is 11.9 Å². The summed E-state index contributed by atoms with van der Waals surface area (Å²) >= 11 is 0.757. The molecule has 1 aliphatic heterocycles. The first-order chi connectivity index (χ1) is 14.4. The molecule has 0 bridgehead atoms. The fourth-order valence-electron chi connectivity index (χ4n) is 2.89. The number of thioether (sulfide) groups is 1. The molecule has 0 unspecified atom stereocenters. The molecule has 1 heterocycles. The second kappa shape index (κ2) is 9.32. The van der Waals surface area contributed by atoms with Gasteiger partial charge in [-0.05, 0) is 54.1 Å². The van der Waals surface area contributed by atoms with Gasteiger partial charge in [0.05, 0.1) is 12.0 Å². The van der Waals surface area contributed by atoms with E-state index in [1.54, 1.807) is 42.5 Å². The van der Waals surface area contributed by atoms with Crippen LogP contribution in [0.2, 0.25) is 0 Å². The Morgan fingerprint density at radius 1 is 1.27 bits per heavy atom. The van der Waals surface area contributed by atoms with Crippen LogP contribution in [-0.2, 0) is 16.0 Å². The van der Waals surface area contributed by atoms with Gasteiger partial charge >= 0.3 is 0 Å². The molecule has 0 saturated carbocycles. The molecule has 3 amide bonds. The molecule has 0 spiro atoms. The van der Waals surface area contributed by atoms with Crippen LogP contribution in [0.25, 0.3) is 6.08 Å². The summed E-state index contributed by atoms with van der Waals surface area (Å²) in [4.78, 5) is 38.3. The van der Waals surface area contributed by atoms with Crippen LogP contribution in [-0.4, -0.2) is 40.7 Å². The van der Waals surface area contributed by atoms with Crippen LogP contribution >= 0.6 is 11.8 Å². The van der Waals surface area contributed by atoms with Gasteiger partial charge in [0.1, 0.15) is 6.54 Å². The predicted octanol–water partition coefficient (Wildman–Crippen LogP) is 3.80. The van der Waals surface area contributed by atoms with Gasteiger partial charge in [0.25, 0.3) is 11.1 Å². The molecule has 2 aromatic carbocycles. The highest BCUT2D eigenvalue weighted by molar-refractivity contribution is 8.18. The van der Waals surface area contributed by atoms with Gasteiger partial charge in [0.2, 0.25) is 5.91 Å². The van der Waals surface area contributed by atoms with Crippen LogP contribution in [0, 0.1) is 0 Å². The first kappa shape index (κ1) is 21.2. The minimum atomic E-state index is -0.550. The van der Waals surface area contributed by atoms with E-state index in [9.17, 15) is 19.5 Å². The first-order valence-electron chi connectivity index (χ1n) is 9.04. The number of carbonyl (C=O) groups excluding carboxylic acids is 3. The normalized spacial score (nSPS) is 14.8. The number of benzene rings is 2. The van der Waals surface area contributed by atoms with Crippen molar-refractivity contribution in [1.82, 2.24) is 4.90 Å². The van der Waals surface area contributed by atoms with Crippen molar-refractivity contribution < 1.29 is 24.2 Å². The maximum Gasteiger partial charge on any atom is 0.294 e. The number of nitrogens with zero attached hydrogens (tertiary/aromatic N) is 1. The zero-order valence-corrected chi connectivity index (χ0v) is 17.1. The highest BCUT2D eigenvalue weighted by Gasteiger charge is 2.36. The topological polar surface area (TPSA) is 95.9 Å². The van der Waals surface area contributed by atoms with Gasteiger partial charge in [0.15, 0.2) is 11.5 Å². The van der Waals surface area contributed by atoms with E-state index in [0.29, 0.717) is 23.2 Å². The third-order valence-corrected chi connectivity index (χ3v) is 5.20. The lowest BCUT2D eigenvalue weighted by molar-refractivity contribution is -0.127. The molecule has 30 heavy (non-hydrogen) atoms. The van der Waals surface area contributed by atoms with Gasteiger partial charge in [0, 0.05) is 11.3 Å². The third kappa shape index (κ3) is 4.72. The summed E-state index contributed by atoms with van der Waals surface area (Å²) in [5.74, 6) is -0.767. The quantitative estimate of drug-likeness (QED) is 0.518. The lowest BCUT2D eigenvalue weighted by Crippen LogP contribution is -2.36. The SMILES string of the molecule is C=CCc1cc(/C=C2\SC(=O)N(CC(=O)Nc3ccccc3)C2=O)cc(OC)c1O. The van der Waals surface area contributed by atoms with Crippen LogP contribution in [0.4, 0.5) is 10.5 Å². The summed E-state index contributed by atoms with van der Waals surface area (Å²) in [6, 6.07) is 12.0. The second-order valence-electron chi connectivity index (χ2n) is 6.41. The maximum atomic E-state index is 12.7. The highest BCUT2D eigenvalue weighted by atomic mass is 32.2. The van der Waals surface area contributed by atoms with Crippen LogP contribution < -0.4 is 10.1 Å². The number of ether oxygens (including phenoxy) is 1. The number of methoxy groups -OCH3 is 1. The summed E-state index contributed by atoms with van der Waals surface area (Å²) in [5, 5.41) is 12.3. The Hall–Kier alpha value is -3.52. The lowest BCUT2D eigenvalue weighted by Gasteiger charge is -2.12. The van der Waals surface area contributed by atoms with E-state index in [1.165, 1.54) is 13.2 Å². The Kier molecular flexibility index (Phi) is 6.58. The summed E-state index contributed by atoms with van der Waals surface area (Å²) < 4.78 is 5.18. The summed E-state index contributed by atoms with van der Waals surface area (Å²) in [6.07, 6.45) is 3.58. The van der Waals surface area contributed by atoms with Gasteiger partial charge < -0.3 is 15.2 Å². The smallest absolute Gasteiger partial charge is 0.294 e. The van der Waals surface area contributed by atoms with Crippen molar-refractivity contribution in [1.29, 1.82) is 0 Å². The van der Waals surface area contributed by atoms with Crippen molar-refractivity contribution in [3.63, 3.8) is 0 Å². The number of amides is 3. The molecule has 1 aliphatic rings. The van der Waals surface area contributed by atoms with E-state index in [1.807, 2.05) is 6.07 Å². The number of anilines is 1. The number of hydrogen-bond donors (Lipinski definition) is 2. The van der Waals surface area contributed by atoms with Gasteiger partial charge in [-0.25, -0.2) is 0 Å². The third-order valence-electron chi connectivity index (χ3n) is 4.29. The average molecular weight is 424 g/mol. The number of hydrogen-bond acceptors (Lipinski definition) is 6. The lowest BCUT2D eigenvalue weighted by atomic mass is 10.1. The molecular formula is C22H20N2O5S. The predicted molar refractivity (Wildman–Crippen MR) is 116 cm³/mol. The summed E-state index contributed by atoms with van der Waals surface area (Å²) in [5.41, 5.74) is 1.74. The standard InChI is InChI=1S/C22H20N2O5S/c1-3-7-15-10-14(11-17(29-2)20(15)26)12-18-21(27)24(22(28)30-18)13-19(25)23-16-8-5-4-6-9-16/h3-6,8-12,26H,1,7,13H2,2H3,(H,23,25)/b18-12-. The minimum absolute atomic E-state index is 0.000220. The zero-order chi connectivity index (χ0) is 21.7. The van der Waals surface area contributed by atoms with Crippen molar-refractivity contribution >= 4 is 40.6 Å². The molecule has 154 valence electrons. The molecule has 0 aromatic heterocycles. The van der Waals surface area contributed by atoms with Crippen molar-refractivity contribution in [3.05, 3.63) is 71.2 Å². The molecule has 0 atom stereocenters. The van der Waals surface area contributed by atoms with Crippen molar-refractivity contribution in [2.24, 2.45) is 0 Å². The van der Waals surface area contributed by atoms with E-state index in [4.69, 9.17) is 4.74 Å². The fourth-order valence-corrected chi connectivity index (χ4v) is 3.73. The summed E-state index contributed by atoms with van der Waals surface area (Å²) in [6.45, 7) is 3.28. The maximum absolute atomic E-state index is 12.7. The van der Waals surface area contributed by atoms with Crippen molar-refractivity contribution in [2.75, 3.05) is 19.0 Å². The van der Waals surface area contributed by atoms with Crippen LogP contribution in [0.3, 0.4) is 0 Å². The molecule has 7 nitrogen and oxygen atoms in total. The molecule has 0 radical (unpaired) electrons. The van der Waals surface area contributed by atoms with Crippen LogP contribution in [0.5, 0.6) is 11.5 Å². The van der Waals surface area contributed by atoms with E-state index < -0.39 is 17.1 Å². The molecule has 0 aliphatic carbocycles. The van der Waals surface area contributed by atoms with Crippen molar-refractivity contribution in [2.45, 2.75) is 6.42 Å². The van der Waals surface area contributed by atoms with Crippen LogP contribution in [0.1, 0.15) is 11.1 Å². The number of phenols is 1. The summed E-state index contributed by atoms with van der Waals surface area (Å²) in [7, 11) is 1.43. The second-order valence-corrected chi connectivity index (χ2v) is 7.40. The molecule has 3 rings (SSSR count). The monoisotopic (exact) mass is 424 g/mol. The van der Waals surface area contributed by atoms with Gasteiger partial charge in [-0.15, -0.1) is 6.58 Å². The molecule has 2 N–H and O–H groups in total. The Bertz CT molecular complexity index is 1030. The Morgan fingerprint density at radius 2 is 2.00 bits per heavy atom. The molecule has 1 fully saturated rings. The Labute approximate surface area is 178 Å². The number of para-hydroxylation sites is 1. The van der Waals surface area contributed by atoms with Gasteiger partial charge in [-0.1, -0.05) is 24.3 Å². The molecule has 8 heteroatoms. The van der Waals surface area contributed by atoms with E-state index in [-0.39, 0.29) is 22.9 Å². The fraction of sp³-hybridized carbons (Fsp3) is 0.136. The zero-order valence-electron chi connectivity index (χ0n) is 16.3. The number of aromatic hydroxyl groups is 1. The van der Waals surface area contributed by atoms with Gasteiger partial charge in [-0.3, -0.25) is 19.3 Å². The van der Waals surface area contributed by atoms with E-state index >= 15 is 0 Å². The average Bonchev–Trinajstić information content (AvgIpc) is 2.98. The number of imide groups is 1. The molecule has 2 aromatic rings. The number of phenolic OH excluding ortho intramolecular Hbond substituents is 1. The largest absolute Gasteiger partial charge is 0.504 e. The first-order valence-corrected chi connectivity index (χ1v) is 9.85.